The van der Waals surface area contributed by atoms with Crippen molar-refractivity contribution in [1.29, 1.82) is 0 Å². The van der Waals surface area contributed by atoms with Crippen molar-refractivity contribution in [3.05, 3.63) is 29.8 Å². The summed E-state index contributed by atoms with van der Waals surface area (Å²) in [5.74, 6) is 1.000. The number of hydrogen-bond donors (Lipinski definition) is 1. The van der Waals surface area contributed by atoms with Gasteiger partial charge in [0.15, 0.2) is 0 Å². The van der Waals surface area contributed by atoms with Crippen LogP contribution in [0.25, 0.3) is 0 Å². The molecule has 132 valence electrons. The summed E-state index contributed by atoms with van der Waals surface area (Å²) >= 11 is 0. The fraction of sp³-hybridized carbons (Fsp3) is 0.647. The van der Waals surface area contributed by atoms with Crippen molar-refractivity contribution in [3.63, 3.8) is 0 Å². The lowest BCUT2D eigenvalue weighted by atomic mass is 9.92. The molecule has 0 bridgehead atoms. The van der Waals surface area contributed by atoms with E-state index in [9.17, 15) is 8.42 Å². The van der Waals surface area contributed by atoms with Gasteiger partial charge in [0.25, 0.3) is 0 Å². The lowest BCUT2D eigenvalue weighted by Gasteiger charge is -2.32. The molecule has 1 aromatic carbocycles. The lowest BCUT2D eigenvalue weighted by molar-refractivity contribution is 0.250. The summed E-state index contributed by atoms with van der Waals surface area (Å²) in [7, 11) is -3.36. The average Bonchev–Trinajstić information content (AvgIpc) is 2.47. The van der Waals surface area contributed by atoms with Crippen molar-refractivity contribution in [3.8, 4) is 0 Å². The standard InChI is InChI=1S/C17H28N2O2S.ClH/c1-13(2)12-15-4-6-17(7-5-15)22(20,21)19-10-8-16(9-11-19)14(3)18;/h4-7,13-14,16H,8-12,18H2,1-3H3;1H. The zero-order valence-corrected chi connectivity index (χ0v) is 15.9. The molecule has 2 rings (SSSR count). The van der Waals surface area contributed by atoms with Crippen molar-refractivity contribution < 1.29 is 8.42 Å². The second kappa shape index (κ2) is 8.47. The van der Waals surface area contributed by atoms with Gasteiger partial charge in [-0.15, -0.1) is 12.4 Å². The van der Waals surface area contributed by atoms with Crippen LogP contribution < -0.4 is 5.73 Å². The van der Waals surface area contributed by atoms with Gasteiger partial charge in [-0.3, -0.25) is 0 Å². The quantitative estimate of drug-likeness (QED) is 0.877. The molecule has 1 aromatic rings. The van der Waals surface area contributed by atoms with Gasteiger partial charge in [0, 0.05) is 19.1 Å². The van der Waals surface area contributed by atoms with Gasteiger partial charge in [-0.25, -0.2) is 8.42 Å². The maximum atomic E-state index is 12.7. The number of nitrogens with two attached hydrogens (primary N) is 1. The maximum absolute atomic E-state index is 12.7. The molecule has 0 radical (unpaired) electrons. The van der Waals surface area contributed by atoms with E-state index in [1.165, 1.54) is 5.56 Å². The van der Waals surface area contributed by atoms with Gasteiger partial charge in [0.2, 0.25) is 10.0 Å². The van der Waals surface area contributed by atoms with Crippen molar-refractivity contribution in [2.75, 3.05) is 13.1 Å². The van der Waals surface area contributed by atoms with Crippen LogP contribution in [0.1, 0.15) is 39.2 Å². The van der Waals surface area contributed by atoms with Crippen molar-refractivity contribution >= 4 is 22.4 Å². The Balaban J connectivity index is 0.00000264. The third-order valence-electron chi connectivity index (χ3n) is 4.45. The molecular formula is C17H29ClN2O2S. The van der Waals surface area contributed by atoms with Gasteiger partial charge in [-0.05, 0) is 55.7 Å². The molecule has 4 nitrogen and oxygen atoms in total. The van der Waals surface area contributed by atoms with Crippen LogP contribution in [0.15, 0.2) is 29.2 Å². The smallest absolute Gasteiger partial charge is 0.243 e. The van der Waals surface area contributed by atoms with Crippen molar-refractivity contribution in [1.82, 2.24) is 4.31 Å². The summed E-state index contributed by atoms with van der Waals surface area (Å²) in [6, 6.07) is 7.48. The summed E-state index contributed by atoms with van der Waals surface area (Å²) in [6.07, 6.45) is 2.67. The minimum Gasteiger partial charge on any atom is -0.328 e. The monoisotopic (exact) mass is 360 g/mol. The first-order valence-corrected chi connectivity index (χ1v) is 9.59. The van der Waals surface area contributed by atoms with Crippen LogP contribution in [0, 0.1) is 11.8 Å². The van der Waals surface area contributed by atoms with E-state index in [0.717, 1.165) is 19.3 Å². The number of rotatable bonds is 5. The highest BCUT2D eigenvalue weighted by molar-refractivity contribution is 7.89. The van der Waals surface area contributed by atoms with Crippen LogP contribution >= 0.6 is 12.4 Å². The number of sulfonamides is 1. The van der Waals surface area contributed by atoms with Crippen LogP contribution in [0.5, 0.6) is 0 Å². The Hall–Kier alpha value is -0.620. The Morgan fingerprint density at radius 3 is 2.09 bits per heavy atom. The van der Waals surface area contributed by atoms with E-state index in [-0.39, 0.29) is 18.4 Å². The summed E-state index contributed by atoms with van der Waals surface area (Å²) in [5.41, 5.74) is 7.11. The van der Waals surface area contributed by atoms with Crippen molar-refractivity contribution in [2.24, 2.45) is 17.6 Å². The summed E-state index contributed by atoms with van der Waals surface area (Å²) < 4.78 is 27.0. The van der Waals surface area contributed by atoms with E-state index >= 15 is 0 Å². The molecule has 1 aliphatic heterocycles. The predicted octanol–water partition coefficient (Wildman–Crippen LogP) is 3.05. The Kier molecular flexibility index (Phi) is 7.52. The van der Waals surface area contributed by atoms with E-state index in [1.807, 2.05) is 19.1 Å². The number of hydrogen-bond acceptors (Lipinski definition) is 3. The van der Waals surface area contributed by atoms with Crippen LogP contribution in [-0.2, 0) is 16.4 Å². The molecule has 1 saturated heterocycles. The molecule has 0 spiro atoms. The van der Waals surface area contributed by atoms with E-state index in [4.69, 9.17) is 5.73 Å². The second-order valence-corrected chi connectivity index (χ2v) is 8.78. The Morgan fingerprint density at radius 1 is 1.13 bits per heavy atom. The summed E-state index contributed by atoms with van der Waals surface area (Å²) in [6.45, 7) is 7.47. The Morgan fingerprint density at radius 2 is 1.65 bits per heavy atom. The topological polar surface area (TPSA) is 63.4 Å². The molecular weight excluding hydrogens is 332 g/mol. The zero-order valence-electron chi connectivity index (χ0n) is 14.2. The highest BCUT2D eigenvalue weighted by Crippen LogP contribution is 2.25. The SMILES string of the molecule is CC(C)Cc1ccc(S(=O)(=O)N2CCC(C(C)N)CC2)cc1.Cl. The Labute approximate surface area is 146 Å². The largest absolute Gasteiger partial charge is 0.328 e. The van der Waals surface area contributed by atoms with Crippen LogP contribution in [0.4, 0.5) is 0 Å². The van der Waals surface area contributed by atoms with Gasteiger partial charge in [-0.2, -0.15) is 4.31 Å². The van der Waals surface area contributed by atoms with Gasteiger partial charge < -0.3 is 5.73 Å². The van der Waals surface area contributed by atoms with Crippen molar-refractivity contribution in [2.45, 2.75) is 51.0 Å². The first kappa shape index (κ1) is 20.4. The summed E-state index contributed by atoms with van der Waals surface area (Å²) in [5, 5.41) is 0. The van der Waals surface area contributed by atoms with Gasteiger partial charge in [0.1, 0.15) is 0 Å². The highest BCUT2D eigenvalue weighted by Gasteiger charge is 2.30. The van der Waals surface area contributed by atoms with Crippen LogP contribution in [0.2, 0.25) is 0 Å². The van der Waals surface area contributed by atoms with E-state index in [2.05, 4.69) is 13.8 Å². The molecule has 1 atom stereocenters. The first-order chi connectivity index (χ1) is 10.3. The number of nitrogens with zero attached hydrogens (tertiary/aromatic N) is 1. The third-order valence-corrected chi connectivity index (χ3v) is 6.36. The van der Waals surface area contributed by atoms with E-state index in [0.29, 0.717) is 29.8 Å². The molecule has 1 heterocycles. The van der Waals surface area contributed by atoms with Gasteiger partial charge in [0.05, 0.1) is 4.90 Å². The Bertz CT molecular complexity index is 577. The third kappa shape index (κ3) is 5.18. The predicted molar refractivity (Wildman–Crippen MR) is 97.4 cm³/mol. The molecule has 0 amide bonds. The maximum Gasteiger partial charge on any atom is 0.243 e. The molecule has 23 heavy (non-hydrogen) atoms. The number of halogens is 1. The number of benzene rings is 1. The minimum atomic E-state index is -3.36. The highest BCUT2D eigenvalue weighted by atomic mass is 35.5. The minimum absolute atomic E-state index is 0. The van der Waals surface area contributed by atoms with E-state index in [1.54, 1.807) is 16.4 Å². The normalized spacial score (nSPS) is 18.7. The van der Waals surface area contributed by atoms with Gasteiger partial charge >= 0.3 is 0 Å². The average molecular weight is 361 g/mol. The first-order valence-electron chi connectivity index (χ1n) is 8.15. The molecule has 1 unspecified atom stereocenters. The van der Waals surface area contributed by atoms with Crippen LogP contribution in [-0.4, -0.2) is 31.9 Å². The summed E-state index contributed by atoms with van der Waals surface area (Å²) in [4.78, 5) is 0.402. The molecule has 0 saturated carbocycles. The fourth-order valence-electron chi connectivity index (χ4n) is 3.06. The zero-order chi connectivity index (χ0) is 16.3. The van der Waals surface area contributed by atoms with Gasteiger partial charge in [-0.1, -0.05) is 26.0 Å². The number of piperidine rings is 1. The molecule has 1 aliphatic rings. The second-order valence-electron chi connectivity index (χ2n) is 6.84. The molecule has 0 aliphatic carbocycles. The van der Waals surface area contributed by atoms with E-state index < -0.39 is 10.0 Å². The molecule has 2 N–H and O–H groups in total. The molecule has 1 fully saturated rings. The fourth-order valence-corrected chi connectivity index (χ4v) is 4.53. The molecule has 6 heteroatoms. The van der Waals surface area contributed by atoms with Crippen LogP contribution in [0.3, 0.4) is 0 Å². The molecule has 0 aromatic heterocycles. The lowest BCUT2D eigenvalue weighted by Crippen LogP contribution is -2.42.